The minimum absolute atomic E-state index is 0.175. The van der Waals surface area contributed by atoms with Crippen LogP contribution in [0.1, 0.15) is 40.2 Å². The Morgan fingerprint density at radius 3 is 3.00 bits per heavy atom. The molecule has 0 aliphatic heterocycles. The Bertz CT molecular complexity index is 633. The van der Waals surface area contributed by atoms with Gasteiger partial charge in [0, 0.05) is 34.6 Å². The van der Waals surface area contributed by atoms with Crippen LogP contribution in [0, 0.1) is 19.8 Å². The van der Waals surface area contributed by atoms with Gasteiger partial charge in [-0.25, -0.2) is 4.98 Å². The van der Waals surface area contributed by atoms with Crippen LogP contribution in [0.2, 0.25) is 0 Å². The third kappa shape index (κ3) is 3.50. The Hall–Kier alpha value is -1.69. The molecule has 0 saturated heterocycles. The highest BCUT2D eigenvalue weighted by Gasteiger charge is 2.44. The lowest BCUT2D eigenvalue weighted by Crippen LogP contribution is -2.26. The first-order valence-electron chi connectivity index (χ1n) is 7.35. The molecular formula is C15H20N4OS. The predicted octanol–water partition coefficient (Wildman–Crippen LogP) is 2.34. The lowest BCUT2D eigenvalue weighted by Gasteiger charge is -2.03. The number of carbonyl (C=O) groups is 1. The fraction of sp³-hybridized carbons (Fsp3) is 0.533. The normalized spacial score (nSPS) is 20.5. The van der Waals surface area contributed by atoms with Gasteiger partial charge in [0.1, 0.15) is 5.82 Å². The molecule has 21 heavy (non-hydrogen) atoms. The number of hydrogen-bond acceptors (Lipinski definition) is 4. The first-order valence-corrected chi connectivity index (χ1v) is 8.17. The molecule has 0 radical (unpaired) electrons. The molecule has 112 valence electrons. The molecule has 6 heteroatoms. The summed E-state index contributed by atoms with van der Waals surface area (Å²) in [5.74, 6) is 2.46. The molecule has 2 atom stereocenters. The molecule has 3 rings (SSSR count). The van der Waals surface area contributed by atoms with E-state index in [0.717, 1.165) is 30.9 Å². The van der Waals surface area contributed by atoms with E-state index in [1.54, 1.807) is 0 Å². The molecule has 0 bridgehead atoms. The van der Waals surface area contributed by atoms with Crippen LogP contribution in [-0.2, 0) is 11.2 Å². The Balaban J connectivity index is 1.38. The number of amides is 1. The van der Waals surface area contributed by atoms with Gasteiger partial charge in [0.2, 0.25) is 5.91 Å². The third-order valence-corrected chi connectivity index (χ3v) is 4.91. The minimum Gasteiger partial charge on any atom is -0.356 e. The van der Waals surface area contributed by atoms with Gasteiger partial charge in [-0.2, -0.15) is 5.10 Å². The summed E-state index contributed by atoms with van der Waals surface area (Å²) in [5.41, 5.74) is 0. The van der Waals surface area contributed by atoms with Crippen LogP contribution in [0.3, 0.4) is 0 Å². The minimum atomic E-state index is 0.175. The van der Waals surface area contributed by atoms with Crippen molar-refractivity contribution in [3.8, 4) is 0 Å². The highest BCUT2D eigenvalue weighted by molar-refractivity contribution is 7.12. The van der Waals surface area contributed by atoms with Crippen LogP contribution in [0.5, 0.6) is 0 Å². The molecule has 1 saturated carbocycles. The van der Waals surface area contributed by atoms with Gasteiger partial charge < -0.3 is 5.32 Å². The van der Waals surface area contributed by atoms with Crippen LogP contribution < -0.4 is 5.32 Å². The van der Waals surface area contributed by atoms with E-state index in [1.165, 1.54) is 9.75 Å². The third-order valence-electron chi connectivity index (χ3n) is 3.77. The topological polar surface area (TPSA) is 70.7 Å². The first-order chi connectivity index (χ1) is 10.1. The predicted molar refractivity (Wildman–Crippen MR) is 82.4 cm³/mol. The van der Waals surface area contributed by atoms with Crippen LogP contribution in [0.15, 0.2) is 12.1 Å². The van der Waals surface area contributed by atoms with Crippen LogP contribution in [0.4, 0.5) is 0 Å². The van der Waals surface area contributed by atoms with Crippen molar-refractivity contribution in [3.63, 3.8) is 0 Å². The van der Waals surface area contributed by atoms with E-state index < -0.39 is 0 Å². The first kappa shape index (κ1) is 14.3. The number of nitrogens with one attached hydrogen (secondary N) is 2. The maximum atomic E-state index is 12.1. The number of carbonyl (C=O) groups excluding carboxylic acids is 1. The summed E-state index contributed by atoms with van der Waals surface area (Å²) in [6.45, 7) is 4.69. The Morgan fingerprint density at radius 2 is 2.33 bits per heavy atom. The molecule has 2 heterocycles. The van der Waals surface area contributed by atoms with E-state index in [4.69, 9.17) is 0 Å². The molecular weight excluding hydrogens is 284 g/mol. The molecule has 2 aromatic heterocycles. The van der Waals surface area contributed by atoms with Crippen molar-refractivity contribution in [2.75, 3.05) is 6.54 Å². The molecule has 1 fully saturated rings. The van der Waals surface area contributed by atoms with Gasteiger partial charge >= 0.3 is 0 Å². The average molecular weight is 304 g/mol. The molecule has 1 aliphatic rings. The highest BCUT2D eigenvalue weighted by Crippen LogP contribution is 2.49. The quantitative estimate of drug-likeness (QED) is 0.805. The molecule has 1 aliphatic carbocycles. The van der Waals surface area contributed by atoms with Gasteiger partial charge in [0.15, 0.2) is 5.82 Å². The summed E-state index contributed by atoms with van der Waals surface area (Å²) in [4.78, 5) is 19.0. The van der Waals surface area contributed by atoms with Crippen molar-refractivity contribution in [2.24, 2.45) is 5.92 Å². The maximum absolute atomic E-state index is 12.1. The number of thiophene rings is 1. The van der Waals surface area contributed by atoms with E-state index in [-0.39, 0.29) is 11.8 Å². The fourth-order valence-corrected chi connectivity index (χ4v) is 3.60. The van der Waals surface area contributed by atoms with Gasteiger partial charge in [-0.15, -0.1) is 11.3 Å². The number of aromatic amines is 1. The standard InChI is InChI=1S/C15H20N4OS/c1-9-5-6-13(21-9)11-8-12(11)15(20)16-7-3-4-14-17-10(2)18-19-14/h5-6,11-12H,3-4,7-8H2,1-2H3,(H,16,20)(H,17,18,19)/t11-,12-/m1/s1. The van der Waals surface area contributed by atoms with E-state index in [9.17, 15) is 4.79 Å². The number of rotatable bonds is 6. The van der Waals surface area contributed by atoms with E-state index in [2.05, 4.69) is 39.6 Å². The fourth-order valence-electron chi connectivity index (χ4n) is 2.54. The van der Waals surface area contributed by atoms with Gasteiger partial charge in [-0.1, -0.05) is 0 Å². The van der Waals surface area contributed by atoms with Crippen molar-refractivity contribution < 1.29 is 4.79 Å². The lowest BCUT2D eigenvalue weighted by atomic mass is 10.2. The Kier molecular flexibility index (Phi) is 4.05. The molecule has 5 nitrogen and oxygen atoms in total. The molecule has 0 unspecified atom stereocenters. The van der Waals surface area contributed by atoms with E-state index in [1.807, 2.05) is 18.3 Å². The summed E-state index contributed by atoms with van der Waals surface area (Å²) in [6, 6.07) is 4.29. The summed E-state index contributed by atoms with van der Waals surface area (Å²) in [5, 5.41) is 9.94. The summed E-state index contributed by atoms with van der Waals surface area (Å²) in [7, 11) is 0. The summed E-state index contributed by atoms with van der Waals surface area (Å²) >= 11 is 1.81. The van der Waals surface area contributed by atoms with Crippen LogP contribution >= 0.6 is 11.3 Å². The zero-order chi connectivity index (χ0) is 14.8. The SMILES string of the molecule is Cc1nc(CCCNC(=O)[C@@H]2C[C@H]2c2ccc(C)s2)n[nH]1. The van der Waals surface area contributed by atoms with E-state index >= 15 is 0 Å². The smallest absolute Gasteiger partial charge is 0.223 e. The summed E-state index contributed by atoms with van der Waals surface area (Å²) in [6.07, 6.45) is 2.66. The Morgan fingerprint density at radius 1 is 1.48 bits per heavy atom. The van der Waals surface area contributed by atoms with Crippen molar-refractivity contribution in [1.82, 2.24) is 20.5 Å². The Labute approximate surface area is 128 Å². The second-order valence-electron chi connectivity index (χ2n) is 5.63. The largest absolute Gasteiger partial charge is 0.356 e. The van der Waals surface area contributed by atoms with Gasteiger partial charge in [0.25, 0.3) is 0 Å². The molecule has 2 aromatic rings. The number of H-pyrrole nitrogens is 1. The summed E-state index contributed by atoms with van der Waals surface area (Å²) < 4.78 is 0. The zero-order valence-corrected chi connectivity index (χ0v) is 13.2. The number of hydrogen-bond donors (Lipinski definition) is 2. The van der Waals surface area contributed by atoms with E-state index in [0.29, 0.717) is 12.5 Å². The lowest BCUT2D eigenvalue weighted by molar-refractivity contribution is -0.122. The van der Waals surface area contributed by atoms with Crippen molar-refractivity contribution in [2.45, 2.75) is 39.0 Å². The van der Waals surface area contributed by atoms with Crippen LogP contribution in [0.25, 0.3) is 0 Å². The second kappa shape index (κ2) is 5.97. The number of nitrogens with zero attached hydrogens (tertiary/aromatic N) is 2. The number of aryl methyl sites for hydroxylation is 3. The van der Waals surface area contributed by atoms with Gasteiger partial charge in [0.05, 0.1) is 0 Å². The zero-order valence-electron chi connectivity index (χ0n) is 12.3. The van der Waals surface area contributed by atoms with Gasteiger partial charge in [-0.05, 0) is 38.8 Å². The molecule has 0 spiro atoms. The van der Waals surface area contributed by atoms with Crippen LogP contribution in [-0.4, -0.2) is 27.6 Å². The average Bonchev–Trinajstić information content (AvgIpc) is 2.98. The van der Waals surface area contributed by atoms with Gasteiger partial charge in [-0.3, -0.25) is 9.89 Å². The van der Waals surface area contributed by atoms with Crippen molar-refractivity contribution in [1.29, 1.82) is 0 Å². The maximum Gasteiger partial charge on any atom is 0.223 e. The highest BCUT2D eigenvalue weighted by atomic mass is 32.1. The molecule has 2 N–H and O–H groups in total. The second-order valence-corrected chi connectivity index (χ2v) is 6.95. The van der Waals surface area contributed by atoms with Crippen molar-refractivity contribution >= 4 is 17.2 Å². The number of aromatic nitrogens is 3. The molecule has 1 amide bonds. The monoisotopic (exact) mass is 304 g/mol. The molecule has 0 aromatic carbocycles. The van der Waals surface area contributed by atoms with Crippen molar-refractivity contribution in [3.05, 3.63) is 33.5 Å².